The molecule has 2 aromatic carbocycles. The molecule has 1 aromatic heterocycles. The van der Waals surface area contributed by atoms with Crippen molar-refractivity contribution in [3.63, 3.8) is 0 Å². The van der Waals surface area contributed by atoms with Crippen molar-refractivity contribution in [2.75, 3.05) is 17.7 Å². The third kappa shape index (κ3) is 4.34. The van der Waals surface area contributed by atoms with E-state index in [2.05, 4.69) is 10.3 Å². The minimum atomic E-state index is -0.312. The maximum absolute atomic E-state index is 13.6. The molecule has 3 aromatic rings. The first-order valence-electron chi connectivity index (χ1n) is 12.0. The fraction of sp³-hybridized carbons (Fsp3) is 0.346. The number of rotatable bonds is 7. The monoisotopic (exact) mass is 499 g/mol. The zero-order chi connectivity index (χ0) is 25.2. The lowest BCUT2D eigenvalue weighted by Crippen LogP contribution is -2.35. The average Bonchev–Trinajstić information content (AvgIpc) is 3.41. The van der Waals surface area contributed by atoms with Gasteiger partial charge in [-0.1, -0.05) is 54.0 Å². The van der Waals surface area contributed by atoms with E-state index in [1.54, 1.807) is 4.90 Å². The molecule has 1 unspecified atom stereocenters. The largest absolute Gasteiger partial charge is 0.307 e. The molecule has 3 amide bonds. The number of carbonyl (C=O) groups is 3. The van der Waals surface area contributed by atoms with Crippen LogP contribution >= 0.6 is 11.8 Å². The van der Waals surface area contributed by atoms with Gasteiger partial charge in [0.1, 0.15) is 5.69 Å². The van der Waals surface area contributed by atoms with Gasteiger partial charge in [-0.3, -0.25) is 19.3 Å². The minimum Gasteiger partial charge on any atom is -0.307 e. The second-order valence-corrected chi connectivity index (χ2v) is 9.91. The molecule has 0 bridgehead atoms. The van der Waals surface area contributed by atoms with Crippen molar-refractivity contribution >= 4 is 43.0 Å². The molecule has 1 fully saturated rings. The summed E-state index contributed by atoms with van der Waals surface area (Å²) >= 11 is 1.39. The predicted molar refractivity (Wildman–Crippen MR) is 141 cm³/mol. The maximum atomic E-state index is 13.6. The number of thioether (sulfide) groups is 1. The van der Waals surface area contributed by atoms with Crippen molar-refractivity contribution in [2.24, 2.45) is 0 Å². The predicted octanol–water partition coefficient (Wildman–Crippen LogP) is 3.32. The summed E-state index contributed by atoms with van der Waals surface area (Å²) in [4.78, 5) is 41.4. The number of carbonyl (C=O) groups excluding carboxylic acids is 3. The van der Waals surface area contributed by atoms with Gasteiger partial charge in [0.15, 0.2) is 0 Å². The number of benzene rings is 2. The molecule has 5 rings (SSSR count). The van der Waals surface area contributed by atoms with E-state index in [1.165, 1.54) is 16.7 Å². The van der Waals surface area contributed by atoms with Crippen LogP contribution in [0.5, 0.6) is 0 Å². The van der Waals surface area contributed by atoms with Crippen molar-refractivity contribution < 1.29 is 14.4 Å². The van der Waals surface area contributed by atoms with Crippen LogP contribution in [0.2, 0.25) is 6.32 Å². The fourth-order valence-corrected chi connectivity index (χ4v) is 5.55. The smallest absolute Gasteiger partial charge is 0.242 e. The number of aryl methyl sites for hydroxylation is 1. The average molecular weight is 499 g/mol. The number of likely N-dealkylation sites (tertiary alicyclic amines) is 1. The molecule has 3 heterocycles. The van der Waals surface area contributed by atoms with Gasteiger partial charge in [-0.15, -0.1) is 5.10 Å². The molecule has 36 heavy (non-hydrogen) atoms. The van der Waals surface area contributed by atoms with Crippen LogP contribution in [-0.2, 0) is 27.5 Å². The molecule has 0 aliphatic carbocycles. The van der Waals surface area contributed by atoms with Crippen LogP contribution in [0.15, 0.2) is 48.5 Å². The zero-order valence-electron chi connectivity index (χ0n) is 20.1. The first-order chi connectivity index (χ1) is 17.5. The normalized spacial score (nSPS) is 16.9. The van der Waals surface area contributed by atoms with Gasteiger partial charge in [-0.2, -0.15) is 11.8 Å². The number of amides is 3. The van der Waals surface area contributed by atoms with Gasteiger partial charge in [0, 0.05) is 37.1 Å². The Bertz CT molecular complexity index is 1330. The highest BCUT2D eigenvalue weighted by Crippen LogP contribution is 2.41. The highest BCUT2D eigenvalue weighted by Gasteiger charge is 2.37. The van der Waals surface area contributed by atoms with Gasteiger partial charge in [0.2, 0.25) is 17.7 Å². The second-order valence-electron chi connectivity index (χ2n) is 8.87. The Morgan fingerprint density at radius 3 is 2.58 bits per heavy atom. The van der Waals surface area contributed by atoms with E-state index in [-0.39, 0.29) is 42.4 Å². The highest BCUT2D eigenvalue weighted by molar-refractivity contribution is 8.00. The lowest BCUT2D eigenvalue weighted by atomic mass is 9.95. The van der Waals surface area contributed by atoms with Gasteiger partial charge in [-0.05, 0) is 24.3 Å². The second kappa shape index (κ2) is 10.3. The summed E-state index contributed by atoms with van der Waals surface area (Å²) in [5, 5.41) is 8.55. The Hall–Kier alpha value is -3.40. The summed E-state index contributed by atoms with van der Waals surface area (Å²) in [6.45, 7) is 1.17. The molecule has 2 aliphatic rings. The molecule has 1 saturated heterocycles. The molecule has 8 nitrogen and oxygen atoms in total. The summed E-state index contributed by atoms with van der Waals surface area (Å²) in [7, 11) is 5.84. The Kier molecular flexibility index (Phi) is 6.96. The van der Waals surface area contributed by atoms with Crippen molar-refractivity contribution in [2.45, 2.75) is 43.9 Å². The molecule has 2 aliphatic heterocycles. The van der Waals surface area contributed by atoms with Crippen LogP contribution in [0.25, 0.3) is 22.5 Å². The zero-order valence-corrected chi connectivity index (χ0v) is 20.9. The highest BCUT2D eigenvalue weighted by atomic mass is 32.2. The van der Waals surface area contributed by atoms with E-state index in [0.29, 0.717) is 31.5 Å². The Morgan fingerprint density at radius 1 is 1.08 bits per heavy atom. The van der Waals surface area contributed by atoms with Gasteiger partial charge in [0.25, 0.3) is 0 Å². The van der Waals surface area contributed by atoms with Crippen LogP contribution in [0, 0.1) is 0 Å². The summed E-state index contributed by atoms with van der Waals surface area (Å²) in [6, 6.07) is 15.7. The van der Waals surface area contributed by atoms with Crippen molar-refractivity contribution in [3.05, 3.63) is 54.1 Å². The minimum absolute atomic E-state index is 0.0736. The number of fused-ring (bicyclic) bond motifs is 5. The van der Waals surface area contributed by atoms with Gasteiger partial charge in [-0.25, -0.2) is 4.68 Å². The molecular formula is C26H26BN5O3S. The number of imide groups is 1. The van der Waals surface area contributed by atoms with Crippen LogP contribution < -0.4 is 4.90 Å². The first-order valence-corrected chi connectivity index (χ1v) is 13.3. The van der Waals surface area contributed by atoms with E-state index < -0.39 is 0 Å². The number of nitrogens with zero attached hydrogens (tertiary/aromatic N) is 5. The number of hydrogen-bond acceptors (Lipinski definition) is 6. The molecule has 2 radical (unpaired) electrons. The Balaban J connectivity index is 1.45. The van der Waals surface area contributed by atoms with Crippen LogP contribution in [-0.4, -0.2) is 63.5 Å². The van der Waals surface area contributed by atoms with E-state index in [9.17, 15) is 14.4 Å². The summed E-state index contributed by atoms with van der Waals surface area (Å²) < 4.78 is 1.83. The molecule has 0 saturated carbocycles. The van der Waals surface area contributed by atoms with Gasteiger partial charge >= 0.3 is 0 Å². The summed E-state index contributed by atoms with van der Waals surface area (Å²) in [5.41, 5.74) is 5.13. The maximum Gasteiger partial charge on any atom is 0.242 e. The van der Waals surface area contributed by atoms with E-state index in [0.717, 1.165) is 28.1 Å². The number of para-hydroxylation sites is 1. The SMILES string of the molecule is [B]CCn1nnc2c1-c1ccccc1CN(C(=O)CCCN1C(=O)CC(SC)C1=O)c1ccccc1-2. The van der Waals surface area contributed by atoms with Crippen molar-refractivity contribution in [1.82, 2.24) is 19.9 Å². The third-order valence-electron chi connectivity index (χ3n) is 6.69. The quantitative estimate of drug-likeness (QED) is 0.366. The molecule has 182 valence electrons. The third-order valence-corrected chi connectivity index (χ3v) is 7.62. The molecule has 0 N–H and O–H groups in total. The first kappa shape index (κ1) is 24.3. The van der Waals surface area contributed by atoms with Crippen molar-refractivity contribution in [1.29, 1.82) is 0 Å². The number of aromatic nitrogens is 3. The number of anilines is 1. The van der Waals surface area contributed by atoms with E-state index in [1.807, 2.05) is 59.5 Å². The molecule has 10 heteroatoms. The number of hydrogen-bond donors (Lipinski definition) is 0. The van der Waals surface area contributed by atoms with E-state index in [4.69, 9.17) is 7.85 Å². The van der Waals surface area contributed by atoms with E-state index >= 15 is 0 Å². The summed E-state index contributed by atoms with van der Waals surface area (Å²) in [6.07, 6.45) is 3.13. The standard InChI is InChI=1S/C26H26BN5O3S/c1-36-21-15-23(34)30(26(21)35)13-6-11-22(33)31-16-17-7-2-3-8-18(17)25-24(28-29-32(25)14-12-27)19-9-4-5-10-20(19)31/h2-5,7-10,21H,6,11-16H2,1H3. The topological polar surface area (TPSA) is 88.4 Å². The fourth-order valence-electron chi connectivity index (χ4n) is 4.91. The Morgan fingerprint density at radius 2 is 1.83 bits per heavy atom. The van der Waals surface area contributed by atoms with Crippen molar-refractivity contribution in [3.8, 4) is 22.5 Å². The van der Waals surface area contributed by atoms with Gasteiger partial charge in [0.05, 0.1) is 31.0 Å². The molecule has 0 spiro atoms. The van der Waals surface area contributed by atoms with Gasteiger partial charge < -0.3 is 4.90 Å². The lowest BCUT2D eigenvalue weighted by Gasteiger charge is -2.29. The molecular weight excluding hydrogens is 473 g/mol. The molecule has 1 atom stereocenters. The van der Waals surface area contributed by atoms with Crippen LogP contribution in [0.1, 0.15) is 24.8 Å². The Labute approximate surface area is 215 Å². The summed E-state index contributed by atoms with van der Waals surface area (Å²) in [5.74, 6) is -0.389. The lowest BCUT2D eigenvalue weighted by molar-refractivity contribution is -0.138. The van der Waals surface area contributed by atoms with Crippen LogP contribution in [0.4, 0.5) is 5.69 Å². The van der Waals surface area contributed by atoms with Crippen LogP contribution in [0.3, 0.4) is 0 Å².